The summed E-state index contributed by atoms with van der Waals surface area (Å²) in [5.74, 6) is 1.02. The molecule has 1 N–H and O–H groups in total. The Bertz CT molecular complexity index is 642. The van der Waals surface area contributed by atoms with Crippen LogP contribution in [0.3, 0.4) is 0 Å². The number of aromatic nitrogens is 2. The maximum absolute atomic E-state index is 12.1. The van der Waals surface area contributed by atoms with Gasteiger partial charge < -0.3 is 14.6 Å². The van der Waals surface area contributed by atoms with Crippen LogP contribution < -0.4 is 5.32 Å². The Balaban J connectivity index is 1.67. The molecule has 5 heteroatoms. The first kappa shape index (κ1) is 14.8. The van der Waals surface area contributed by atoms with Gasteiger partial charge in [0.25, 0.3) is 0 Å². The van der Waals surface area contributed by atoms with Crippen molar-refractivity contribution >= 4 is 11.6 Å². The monoisotopic (exact) mass is 299 g/mol. The number of benzene rings is 1. The van der Waals surface area contributed by atoms with E-state index in [0.29, 0.717) is 13.2 Å². The Morgan fingerprint density at radius 2 is 2.18 bits per heavy atom. The Hall–Kier alpha value is -2.14. The Labute approximate surface area is 130 Å². The molecule has 1 aromatic carbocycles. The van der Waals surface area contributed by atoms with Crippen molar-refractivity contribution in [3.05, 3.63) is 48.0 Å². The molecule has 0 unspecified atom stereocenters. The summed E-state index contributed by atoms with van der Waals surface area (Å²) >= 11 is 0. The smallest absolute Gasteiger partial charge is 0.229 e. The molecule has 2 heterocycles. The van der Waals surface area contributed by atoms with Crippen LogP contribution in [0.1, 0.15) is 30.8 Å². The maximum Gasteiger partial charge on any atom is 0.229 e. The molecule has 1 saturated heterocycles. The zero-order valence-electron chi connectivity index (χ0n) is 13.0. The topological polar surface area (TPSA) is 56.2 Å². The van der Waals surface area contributed by atoms with Gasteiger partial charge in [-0.3, -0.25) is 4.79 Å². The second-order valence-electron chi connectivity index (χ2n) is 5.73. The van der Waals surface area contributed by atoms with E-state index in [1.165, 1.54) is 5.56 Å². The van der Waals surface area contributed by atoms with Crippen molar-refractivity contribution < 1.29 is 9.53 Å². The van der Waals surface area contributed by atoms with Crippen molar-refractivity contribution in [2.75, 3.05) is 18.5 Å². The number of hydrogen-bond acceptors (Lipinski definition) is 3. The molecule has 2 aromatic rings. The number of ether oxygens (including phenoxy) is 1. The van der Waals surface area contributed by atoms with E-state index in [4.69, 9.17) is 4.74 Å². The van der Waals surface area contributed by atoms with Crippen molar-refractivity contribution in [3.63, 3.8) is 0 Å². The normalized spacial score (nSPS) is 19.1. The molecule has 0 radical (unpaired) electrons. The molecule has 2 atom stereocenters. The van der Waals surface area contributed by atoms with Crippen LogP contribution in [-0.4, -0.2) is 28.7 Å². The van der Waals surface area contributed by atoms with E-state index in [1.807, 2.05) is 43.6 Å². The number of nitrogens with one attached hydrogen (secondary N) is 1. The summed E-state index contributed by atoms with van der Waals surface area (Å²) in [7, 11) is 0. The highest BCUT2D eigenvalue weighted by atomic mass is 16.5. The molecular formula is C17H21N3O2. The number of aryl methyl sites for hydroxylation is 1. The molecule has 0 bridgehead atoms. The highest BCUT2D eigenvalue weighted by Crippen LogP contribution is 2.22. The highest BCUT2D eigenvalue weighted by molar-refractivity contribution is 5.92. The summed E-state index contributed by atoms with van der Waals surface area (Å²) in [4.78, 5) is 16.3. The summed E-state index contributed by atoms with van der Waals surface area (Å²) in [6, 6.07) is 8.21. The zero-order chi connectivity index (χ0) is 15.5. The SMILES string of the molecule is Cc1nccn1[C@@H](C)c1ccc(NC(=O)[C@@H]2CCOC2)cc1. The fourth-order valence-corrected chi connectivity index (χ4v) is 2.79. The molecule has 22 heavy (non-hydrogen) atoms. The highest BCUT2D eigenvalue weighted by Gasteiger charge is 2.23. The third-order valence-corrected chi connectivity index (χ3v) is 4.24. The molecule has 1 amide bonds. The summed E-state index contributed by atoms with van der Waals surface area (Å²) in [6.45, 7) is 5.34. The van der Waals surface area contributed by atoms with E-state index in [1.54, 1.807) is 0 Å². The maximum atomic E-state index is 12.1. The van der Waals surface area contributed by atoms with Crippen LogP contribution in [0, 0.1) is 12.8 Å². The second-order valence-corrected chi connectivity index (χ2v) is 5.73. The number of rotatable bonds is 4. The Morgan fingerprint density at radius 3 is 2.77 bits per heavy atom. The summed E-state index contributed by atoms with van der Waals surface area (Å²) in [5, 5.41) is 2.96. The van der Waals surface area contributed by atoms with Crippen molar-refractivity contribution in [3.8, 4) is 0 Å². The molecule has 0 spiro atoms. The number of hydrogen-bond donors (Lipinski definition) is 1. The van der Waals surface area contributed by atoms with Gasteiger partial charge >= 0.3 is 0 Å². The minimum Gasteiger partial charge on any atom is -0.381 e. The average Bonchev–Trinajstić information content (AvgIpc) is 3.18. The number of carbonyl (C=O) groups excluding carboxylic acids is 1. The van der Waals surface area contributed by atoms with Crippen LogP contribution in [0.5, 0.6) is 0 Å². The van der Waals surface area contributed by atoms with E-state index in [2.05, 4.69) is 21.8 Å². The predicted octanol–water partition coefficient (Wildman–Crippen LogP) is 2.78. The van der Waals surface area contributed by atoms with Gasteiger partial charge in [0.05, 0.1) is 18.6 Å². The van der Waals surface area contributed by atoms with Crippen molar-refractivity contribution in [1.82, 2.24) is 9.55 Å². The van der Waals surface area contributed by atoms with Crippen molar-refractivity contribution in [2.24, 2.45) is 5.92 Å². The fourth-order valence-electron chi connectivity index (χ4n) is 2.79. The zero-order valence-corrected chi connectivity index (χ0v) is 13.0. The first-order valence-corrected chi connectivity index (χ1v) is 7.63. The third-order valence-electron chi connectivity index (χ3n) is 4.24. The lowest BCUT2D eigenvalue weighted by Gasteiger charge is -2.16. The number of anilines is 1. The quantitative estimate of drug-likeness (QED) is 0.944. The molecule has 1 fully saturated rings. The average molecular weight is 299 g/mol. The van der Waals surface area contributed by atoms with Crippen molar-refractivity contribution in [2.45, 2.75) is 26.3 Å². The van der Waals surface area contributed by atoms with E-state index in [0.717, 1.165) is 17.9 Å². The van der Waals surface area contributed by atoms with Gasteiger partial charge in [-0.2, -0.15) is 0 Å². The van der Waals surface area contributed by atoms with Gasteiger partial charge in [0.1, 0.15) is 5.82 Å². The molecule has 0 aliphatic carbocycles. The minimum atomic E-state index is -0.0211. The van der Waals surface area contributed by atoms with Crippen LogP contribution in [0.4, 0.5) is 5.69 Å². The van der Waals surface area contributed by atoms with Crippen LogP contribution in [0.25, 0.3) is 0 Å². The molecule has 3 rings (SSSR count). The first-order valence-electron chi connectivity index (χ1n) is 7.63. The van der Waals surface area contributed by atoms with E-state index in [-0.39, 0.29) is 17.9 Å². The number of carbonyl (C=O) groups is 1. The van der Waals surface area contributed by atoms with Gasteiger partial charge in [0, 0.05) is 24.7 Å². The van der Waals surface area contributed by atoms with E-state index >= 15 is 0 Å². The van der Waals surface area contributed by atoms with Gasteiger partial charge in [-0.15, -0.1) is 0 Å². The van der Waals surface area contributed by atoms with Crippen LogP contribution in [-0.2, 0) is 9.53 Å². The first-order chi connectivity index (χ1) is 10.6. The summed E-state index contributed by atoms with van der Waals surface area (Å²) < 4.78 is 7.38. The third kappa shape index (κ3) is 3.04. The molecular weight excluding hydrogens is 278 g/mol. The summed E-state index contributed by atoms with van der Waals surface area (Å²) in [6.07, 6.45) is 4.60. The molecule has 1 aliphatic rings. The van der Waals surface area contributed by atoms with Crippen LogP contribution in [0.2, 0.25) is 0 Å². The largest absolute Gasteiger partial charge is 0.381 e. The number of nitrogens with zero attached hydrogens (tertiary/aromatic N) is 2. The lowest BCUT2D eigenvalue weighted by atomic mass is 10.1. The van der Waals surface area contributed by atoms with Crippen molar-refractivity contribution in [1.29, 1.82) is 0 Å². The van der Waals surface area contributed by atoms with Crippen LogP contribution >= 0.6 is 0 Å². The minimum absolute atomic E-state index is 0.0211. The van der Waals surface area contributed by atoms with Gasteiger partial charge in [0.2, 0.25) is 5.91 Å². The lowest BCUT2D eigenvalue weighted by Crippen LogP contribution is -2.22. The fraction of sp³-hybridized carbons (Fsp3) is 0.412. The van der Waals surface area contributed by atoms with Crippen LogP contribution in [0.15, 0.2) is 36.7 Å². The Morgan fingerprint density at radius 1 is 1.41 bits per heavy atom. The second kappa shape index (κ2) is 6.32. The Kier molecular flexibility index (Phi) is 4.24. The summed E-state index contributed by atoms with van der Waals surface area (Å²) in [5.41, 5.74) is 2.01. The number of imidazole rings is 1. The number of amides is 1. The van der Waals surface area contributed by atoms with Gasteiger partial charge in [-0.05, 0) is 38.0 Å². The molecule has 0 saturated carbocycles. The van der Waals surface area contributed by atoms with E-state index < -0.39 is 0 Å². The van der Waals surface area contributed by atoms with Gasteiger partial charge in [-0.25, -0.2) is 4.98 Å². The lowest BCUT2D eigenvalue weighted by molar-refractivity contribution is -0.119. The van der Waals surface area contributed by atoms with E-state index in [9.17, 15) is 4.79 Å². The molecule has 116 valence electrons. The standard InChI is InChI=1S/C17H21N3O2/c1-12(20-9-8-18-13(20)2)14-3-5-16(6-4-14)19-17(21)15-7-10-22-11-15/h3-6,8-9,12,15H,7,10-11H2,1-2H3,(H,19,21)/t12-,15+/m0/s1. The van der Waals surface area contributed by atoms with Gasteiger partial charge in [-0.1, -0.05) is 12.1 Å². The predicted molar refractivity (Wildman–Crippen MR) is 84.8 cm³/mol. The molecule has 5 nitrogen and oxygen atoms in total. The van der Waals surface area contributed by atoms with Gasteiger partial charge in [0.15, 0.2) is 0 Å². The molecule has 1 aromatic heterocycles. The molecule has 1 aliphatic heterocycles.